The van der Waals surface area contributed by atoms with E-state index in [0.29, 0.717) is 49.4 Å². The first-order valence-corrected chi connectivity index (χ1v) is 10.8. The summed E-state index contributed by atoms with van der Waals surface area (Å²) in [7, 11) is 1.34. The molecule has 1 atom stereocenters. The summed E-state index contributed by atoms with van der Waals surface area (Å²) < 4.78 is 10.0. The van der Waals surface area contributed by atoms with E-state index in [4.69, 9.17) is 9.47 Å². The second-order valence-corrected chi connectivity index (χ2v) is 7.80. The lowest BCUT2D eigenvalue weighted by Crippen LogP contribution is -2.49. The maximum atomic E-state index is 13.4. The molecule has 32 heavy (non-hydrogen) atoms. The SMILES string of the molecule is CCOC(=O)N1CCC(N2C(=O)c3ccccc3[C@@H]2Nc2ccccc2C(=O)OC)CC1. The molecule has 0 saturated carbocycles. The zero-order chi connectivity index (χ0) is 22.7. The van der Waals surface area contributed by atoms with Crippen molar-refractivity contribution in [2.45, 2.75) is 32.0 Å². The van der Waals surface area contributed by atoms with Gasteiger partial charge in [0.1, 0.15) is 6.17 Å². The topological polar surface area (TPSA) is 88.2 Å². The van der Waals surface area contributed by atoms with Gasteiger partial charge in [0.2, 0.25) is 0 Å². The highest BCUT2D eigenvalue weighted by Crippen LogP contribution is 2.38. The highest BCUT2D eigenvalue weighted by Gasteiger charge is 2.42. The largest absolute Gasteiger partial charge is 0.465 e. The van der Waals surface area contributed by atoms with E-state index in [1.165, 1.54) is 7.11 Å². The van der Waals surface area contributed by atoms with E-state index < -0.39 is 12.1 Å². The first kappa shape index (κ1) is 21.7. The molecule has 0 radical (unpaired) electrons. The van der Waals surface area contributed by atoms with Crippen LogP contribution in [0.2, 0.25) is 0 Å². The fourth-order valence-corrected chi connectivity index (χ4v) is 4.45. The number of hydrogen-bond donors (Lipinski definition) is 1. The first-order valence-electron chi connectivity index (χ1n) is 10.8. The van der Waals surface area contributed by atoms with E-state index in [9.17, 15) is 14.4 Å². The number of fused-ring (bicyclic) bond motifs is 1. The normalized spacial score (nSPS) is 18.3. The predicted octanol–water partition coefficient (Wildman–Crippen LogP) is 3.66. The van der Waals surface area contributed by atoms with Crippen LogP contribution in [-0.2, 0) is 9.47 Å². The number of anilines is 1. The Hall–Kier alpha value is -3.55. The van der Waals surface area contributed by atoms with Gasteiger partial charge in [0.25, 0.3) is 5.91 Å². The predicted molar refractivity (Wildman–Crippen MR) is 118 cm³/mol. The summed E-state index contributed by atoms with van der Waals surface area (Å²) in [6.07, 6.45) is 0.553. The third-order valence-corrected chi connectivity index (χ3v) is 6.01. The van der Waals surface area contributed by atoms with Crippen LogP contribution in [0.4, 0.5) is 10.5 Å². The van der Waals surface area contributed by atoms with E-state index in [2.05, 4.69) is 5.32 Å². The quantitative estimate of drug-likeness (QED) is 0.719. The second-order valence-electron chi connectivity index (χ2n) is 7.80. The Labute approximate surface area is 187 Å². The Morgan fingerprint density at radius 1 is 1.06 bits per heavy atom. The monoisotopic (exact) mass is 437 g/mol. The van der Waals surface area contributed by atoms with Crippen molar-refractivity contribution in [1.29, 1.82) is 0 Å². The summed E-state index contributed by atoms with van der Waals surface area (Å²) in [5.41, 5.74) is 2.52. The summed E-state index contributed by atoms with van der Waals surface area (Å²) in [4.78, 5) is 41.2. The molecule has 0 unspecified atom stereocenters. The smallest absolute Gasteiger partial charge is 0.409 e. The highest BCUT2D eigenvalue weighted by atomic mass is 16.6. The molecule has 0 aliphatic carbocycles. The van der Waals surface area contributed by atoms with Crippen LogP contribution in [0, 0.1) is 0 Å². The van der Waals surface area contributed by atoms with E-state index >= 15 is 0 Å². The average molecular weight is 437 g/mol. The molecular weight excluding hydrogens is 410 g/mol. The van der Waals surface area contributed by atoms with Crippen LogP contribution in [0.5, 0.6) is 0 Å². The zero-order valence-electron chi connectivity index (χ0n) is 18.2. The van der Waals surface area contributed by atoms with E-state index in [1.54, 1.807) is 30.0 Å². The molecule has 0 aromatic heterocycles. The maximum Gasteiger partial charge on any atom is 0.409 e. The number of rotatable bonds is 5. The molecule has 2 heterocycles. The number of amides is 2. The zero-order valence-corrected chi connectivity index (χ0v) is 18.2. The Kier molecular flexibility index (Phi) is 6.30. The van der Waals surface area contributed by atoms with Crippen LogP contribution in [0.3, 0.4) is 0 Å². The Morgan fingerprint density at radius 2 is 1.75 bits per heavy atom. The third kappa shape index (κ3) is 4.00. The number of esters is 1. The van der Waals surface area contributed by atoms with Crippen LogP contribution in [0.1, 0.15) is 52.2 Å². The standard InChI is InChI=1S/C24H27N3O5/c1-3-32-24(30)26-14-12-16(13-15-26)27-21(17-8-4-5-9-18(17)22(27)28)25-20-11-7-6-10-19(20)23(29)31-2/h4-11,16,21,25H,3,12-15H2,1-2H3/t21-/m1/s1. The Bertz CT molecular complexity index is 1020. The fourth-order valence-electron chi connectivity index (χ4n) is 4.45. The second kappa shape index (κ2) is 9.30. The van der Waals surface area contributed by atoms with Gasteiger partial charge in [-0.25, -0.2) is 9.59 Å². The summed E-state index contributed by atoms with van der Waals surface area (Å²) in [5.74, 6) is -0.497. The molecule has 2 aromatic rings. The Morgan fingerprint density at radius 3 is 2.47 bits per heavy atom. The van der Waals surface area contributed by atoms with Gasteiger partial charge in [-0.1, -0.05) is 30.3 Å². The molecule has 2 aliphatic rings. The van der Waals surface area contributed by atoms with Crippen molar-refractivity contribution in [3.63, 3.8) is 0 Å². The van der Waals surface area contributed by atoms with Crippen molar-refractivity contribution in [2.24, 2.45) is 0 Å². The third-order valence-electron chi connectivity index (χ3n) is 6.01. The number of nitrogens with zero attached hydrogens (tertiary/aromatic N) is 2. The van der Waals surface area contributed by atoms with E-state index in [-0.39, 0.29) is 18.0 Å². The van der Waals surface area contributed by atoms with Gasteiger partial charge in [-0.05, 0) is 38.0 Å². The lowest BCUT2D eigenvalue weighted by Gasteiger charge is -2.39. The number of piperidine rings is 1. The van der Waals surface area contributed by atoms with Gasteiger partial charge in [-0.3, -0.25) is 4.79 Å². The van der Waals surface area contributed by atoms with Crippen molar-refractivity contribution in [3.8, 4) is 0 Å². The van der Waals surface area contributed by atoms with Crippen LogP contribution in [0.25, 0.3) is 0 Å². The minimum Gasteiger partial charge on any atom is -0.465 e. The van der Waals surface area contributed by atoms with Crippen molar-refractivity contribution < 1.29 is 23.9 Å². The number of carbonyl (C=O) groups excluding carboxylic acids is 3. The number of methoxy groups -OCH3 is 1. The summed E-state index contributed by atoms with van der Waals surface area (Å²) in [6, 6.07) is 14.6. The minimum atomic E-state index is -0.444. The molecule has 0 bridgehead atoms. The molecule has 2 aromatic carbocycles. The van der Waals surface area contributed by atoms with Crippen LogP contribution in [-0.4, -0.2) is 60.6 Å². The van der Waals surface area contributed by atoms with Gasteiger partial charge in [0, 0.05) is 30.3 Å². The summed E-state index contributed by atoms with van der Waals surface area (Å²) in [6.45, 7) is 3.17. The number of para-hydroxylation sites is 1. The maximum absolute atomic E-state index is 13.4. The molecule has 8 nitrogen and oxygen atoms in total. The van der Waals surface area contributed by atoms with Gasteiger partial charge >= 0.3 is 12.1 Å². The first-order chi connectivity index (χ1) is 15.5. The van der Waals surface area contributed by atoms with Crippen LogP contribution < -0.4 is 5.32 Å². The average Bonchev–Trinajstić information content (AvgIpc) is 3.11. The Balaban J connectivity index is 1.61. The number of hydrogen-bond acceptors (Lipinski definition) is 6. The molecular formula is C24H27N3O5. The molecule has 1 N–H and O–H groups in total. The number of ether oxygens (including phenoxy) is 2. The lowest BCUT2D eigenvalue weighted by molar-refractivity contribution is 0.0496. The number of carbonyl (C=O) groups is 3. The van der Waals surface area contributed by atoms with Crippen molar-refractivity contribution in [1.82, 2.24) is 9.80 Å². The lowest BCUT2D eigenvalue weighted by atomic mass is 10.0. The van der Waals surface area contributed by atoms with Crippen molar-refractivity contribution in [2.75, 3.05) is 32.1 Å². The number of likely N-dealkylation sites (tertiary alicyclic amines) is 1. The number of benzene rings is 2. The fraction of sp³-hybridized carbons (Fsp3) is 0.375. The molecule has 0 spiro atoms. The highest BCUT2D eigenvalue weighted by molar-refractivity contribution is 6.00. The molecule has 2 aliphatic heterocycles. The molecule has 4 rings (SSSR count). The number of nitrogens with one attached hydrogen (secondary N) is 1. The van der Waals surface area contributed by atoms with Crippen molar-refractivity contribution in [3.05, 3.63) is 65.2 Å². The van der Waals surface area contributed by atoms with Gasteiger partial charge in [-0.15, -0.1) is 0 Å². The van der Waals surface area contributed by atoms with Crippen molar-refractivity contribution >= 4 is 23.7 Å². The summed E-state index contributed by atoms with van der Waals surface area (Å²) in [5, 5.41) is 3.41. The molecule has 2 amide bonds. The minimum absolute atomic E-state index is 0.0524. The molecule has 1 saturated heterocycles. The molecule has 168 valence electrons. The van der Waals surface area contributed by atoms with Crippen LogP contribution >= 0.6 is 0 Å². The molecule has 1 fully saturated rings. The van der Waals surface area contributed by atoms with Gasteiger partial charge < -0.3 is 24.6 Å². The van der Waals surface area contributed by atoms with Crippen LogP contribution in [0.15, 0.2) is 48.5 Å². The van der Waals surface area contributed by atoms with E-state index in [1.807, 2.05) is 35.2 Å². The summed E-state index contributed by atoms with van der Waals surface area (Å²) >= 11 is 0. The van der Waals surface area contributed by atoms with Gasteiger partial charge in [0.05, 0.1) is 25.0 Å². The van der Waals surface area contributed by atoms with Gasteiger partial charge in [0.15, 0.2) is 0 Å². The van der Waals surface area contributed by atoms with Gasteiger partial charge in [-0.2, -0.15) is 0 Å². The molecule has 8 heteroatoms. The van der Waals surface area contributed by atoms with E-state index in [0.717, 1.165) is 5.56 Å².